The van der Waals surface area contributed by atoms with Gasteiger partial charge in [-0.15, -0.1) is 0 Å². The maximum Gasteiger partial charge on any atom is 0.277 e. The first kappa shape index (κ1) is 17.8. The summed E-state index contributed by atoms with van der Waals surface area (Å²) in [6, 6.07) is 10.7. The topological polar surface area (TPSA) is 50.7 Å². The molecule has 0 aliphatic rings. The van der Waals surface area contributed by atoms with E-state index in [0.717, 1.165) is 10.0 Å². The number of hydrazone groups is 1. The maximum absolute atomic E-state index is 11.7. The number of carbonyl (C=O) groups is 1. The second-order valence-corrected chi connectivity index (χ2v) is 6.36. The molecule has 0 radical (unpaired) electrons. The fourth-order valence-electron chi connectivity index (χ4n) is 1.75. The van der Waals surface area contributed by atoms with E-state index in [1.165, 1.54) is 6.21 Å². The predicted molar refractivity (Wildman–Crippen MR) is 96.6 cm³/mol. The first-order valence-corrected chi connectivity index (χ1v) is 8.17. The van der Waals surface area contributed by atoms with Crippen molar-refractivity contribution in [2.24, 2.45) is 5.10 Å². The summed E-state index contributed by atoms with van der Waals surface area (Å²) in [6.07, 6.45) is 1.40. The average Bonchev–Trinajstić information content (AvgIpc) is 2.49. The van der Waals surface area contributed by atoms with Crippen LogP contribution in [0, 0.1) is 6.92 Å². The van der Waals surface area contributed by atoms with Crippen LogP contribution in [0.4, 0.5) is 0 Å². The molecule has 0 spiro atoms. The lowest BCUT2D eigenvalue weighted by Crippen LogP contribution is -2.24. The molecule has 0 saturated heterocycles. The van der Waals surface area contributed by atoms with Crippen LogP contribution in [-0.4, -0.2) is 18.7 Å². The molecule has 1 N–H and O–H groups in total. The number of halogens is 3. The molecule has 0 aromatic heterocycles. The SMILES string of the molecule is Cc1cc(Br)ccc1OCC(=O)NN=Cc1c(Cl)cccc1Cl. The number of hydrogen-bond donors (Lipinski definition) is 1. The number of benzene rings is 2. The lowest BCUT2D eigenvalue weighted by Gasteiger charge is -2.08. The van der Waals surface area contributed by atoms with E-state index in [9.17, 15) is 4.79 Å². The minimum absolute atomic E-state index is 0.143. The summed E-state index contributed by atoms with van der Waals surface area (Å²) < 4.78 is 6.40. The predicted octanol–water partition coefficient (Wildman–Crippen LogP) is 4.59. The molecule has 1 amide bonds. The molecular weight excluding hydrogens is 403 g/mol. The van der Waals surface area contributed by atoms with E-state index < -0.39 is 0 Å². The lowest BCUT2D eigenvalue weighted by molar-refractivity contribution is -0.123. The van der Waals surface area contributed by atoms with Gasteiger partial charge in [0.05, 0.1) is 16.3 Å². The standard InChI is InChI=1S/C16H13BrCl2N2O2/c1-10-7-11(17)5-6-15(10)23-9-16(22)21-20-8-12-13(18)3-2-4-14(12)19/h2-8H,9H2,1H3,(H,21,22). The Labute approximate surface area is 152 Å². The smallest absolute Gasteiger partial charge is 0.277 e. The van der Waals surface area contributed by atoms with Crippen molar-refractivity contribution in [3.63, 3.8) is 0 Å². The van der Waals surface area contributed by atoms with Gasteiger partial charge < -0.3 is 4.74 Å². The summed E-state index contributed by atoms with van der Waals surface area (Å²) in [5.74, 6) is 0.258. The van der Waals surface area contributed by atoms with Gasteiger partial charge in [0.2, 0.25) is 0 Å². The van der Waals surface area contributed by atoms with Gasteiger partial charge in [-0.1, -0.05) is 45.2 Å². The van der Waals surface area contributed by atoms with Crippen LogP contribution in [0.1, 0.15) is 11.1 Å². The van der Waals surface area contributed by atoms with Crippen molar-refractivity contribution in [2.75, 3.05) is 6.61 Å². The zero-order valence-electron chi connectivity index (χ0n) is 12.1. The molecule has 0 aliphatic carbocycles. The number of aryl methyl sites for hydroxylation is 1. The minimum Gasteiger partial charge on any atom is -0.483 e. The average molecular weight is 416 g/mol. The van der Waals surface area contributed by atoms with Crippen molar-refractivity contribution in [2.45, 2.75) is 6.92 Å². The van der Waals surface area contributed by atoms with Gasteiger partial charge >= 0.3 is 0 Å². The van der Waals surface area contributed by atoms with Gasteiger partial charge in [0, 0.05) is 10.0 Å². The van der Waals surface area contributed by atoms with Gasteiger partial charge in [-0.2, -0.15) is 5.10 Å². The first-order valence-electron chi connectivity index (χ1n) is 6.62. The fraction of sp³-hybridized carbons (Fsp3) is 0.125. The van der Waals surface area contributed by atoms with E-state index in [0.29, 0.717) is 21.4 Å². The molecule has 0 bridgehead atoms. The normalized spacial score (nSPS) is 10.8. The van der Waals surface area contributed by atoms with Crippen molar-refractivity contribution < 1.29 is 9.53 Å². The third kappa shape index (κ3) is 5.23. The first-order chi connectivity index (χ1) is 11.0. The van der Waals surface area contributed by atoms with Crippen LogP contribution in [0.15, 0.2) is 46.0 Å². The van der Waals surface area contributed by atoms with Crippen LogP contribution >= 0.6 is 39.1 Å². The van der Waals surface area contributed by atoms with Gasteiger partial charge in [0.15, 0.2) is 6.61 Å². The van der Waals surface area contributed by atoms with E-state index in [2.05, 4.69) is 26.5 Å². The molecular formula is C16H13BrCl2N2O2. The van der Waals surface area contributed by atoms with Gasteiger partial charge in [-0.3, -0.25) is 4.79 Å². The van der Waals surface area contributed by atoms with Crippen molar-refractivity contribution in [1.82, 2.24) is 5.43 Å². The number of carbonyl (C=O) groups excluding carboxylic acids is 1. The van der Waals surface area contributed by atoms with Crippen LogP contribution in [0.3, 0.4) is 0 Å². The van der Waals surface area contributed by atoms with Crippen LogP contribution in [0.5, 0.6) is 5.75 Å². The molecule has 0 saturated carbocycles. The Morgan fingerprint density at radius 3 is 2.65 bits per heavy atom. The van der Waals surface area contributed by atoms with E-state index in [1.54, 1.807) is 24.3 Å². The highest BCUT2D eigenvalue weighted by Gasteiger charge is 2.05. The number of nitrogens with one attached hydrogen (secondary N) is 1. The molecule has 2 aromatic carbocycles. The Bertz CT molecular complexity index is 731. The summed E-state index contributed by atoms with van der Waals surface area (Å²) in [4.78, 5) is 11.7. The Balaban J connectivity index is 1.89. The molecule has 23 heavy (non-hydrogen) atoms. The zero-order chi connectivity index (χ0) is 16.8. The molecule has 2 aromatic rings. The molecule has 2 rings (SSSR count). The Morgan fingerprint density at radius 1 is 1.30 bits per heavy atom. The molecule has 120 valence electrons. The Kier molecular flexibility index (Phi) is 6.45. The monoisotopic (exact) mass is 414 g/mol. The summed E-state index contributed by atoms with van der Waals surface area (Å²) in [5, 5.41) is 4.74. The quantitative estimate of drug-likeness (QED) is 0.573. The summed E-state index contributed by atoms with van der Waals surface area (Å²) in [5.41, 5.74) is 3.84. The second-order valence-electron chi connectivity index (χ2n) is 4.63. The van der Waals surface area contributed by atoms with Crippen LogP contribution < -0.4 is 10.2 Å². The van der Waals surface area contributed by atoms with E-state index in [1.807, 2.05) is 19.1 Å². The van der Waals surface area contributed by atoms with Crippen LogP contribution in [0.2, 0.25) is 10.0 Å². The highest BCUT2D eigenvalue weighted by molar-refractivity contribution is 9.10. The van der Waals surface area contributed by atoms with Crippen molar-refractivity contribution >= 4 is 51.3 Å². The van der Waals surface area contributed by atoms with Gasteiger partial charge in [0.1, 0.15) is 5.75 Å². The van der Waals surface area contributed by atoms with Gasteiger partial charge in [-0.25, -0.2) is 5.43 Å². The van der Waals surface area contributed by atoms with E-state index >= 15 is 0 Å². The highest BCUT2D eigenvalue weighted by Crippen LogP contribution is 2.22. The summed E-state index contributed by atoms with van der Waals surface area (Å²) in [7, 11) is 0. The number of nitrogens with zero attached hydrogens (tertiary/aromatic N) is 1. The second kappa shape index (κ2) is 8.34. The van der Waals surface area contributed by atoms with E-state index in [4.69, 9.17) is 27.9 Å². The van der Waals surface area contributed by atoms with Crippen LogP contribution in [-0.2, 0) is 4.79 Å². The molecule has 4 nitrogen and oxygen atoms in total. The zero-order valence-corrected chi connectivity index (χ0v) is 15.2. The Morgan fingerprint density at radius 2 is 2.00 bits per heavy atom. The molecule has 7 heteroatoms. The van der Waals surface area contributed by atoms with Crippen molar-refractivity contribution in [1.29, 1.82) is 0 Å². The fourth-order valence-corrected chi connectivity index (χ4v) is 2.72. The molecule has 0 unspecified atom stereocenters. The van der Waals surface area contributed by atoms with E-state index in [-0.39, 0.29) is 12.5 Å². The van der Waals surface area contributed by atoms with Crippen LogP contribution in [0.25, 0.3) is 0 Å². The molecule has 0 heterocycles. The minimum atomic E-state index is -0.383. The molecule has 0 fully saturated rings. The van der Waals surface area contributed by atoms with Gasteiger partial charge in [0.25, 0.3) is 5.91 Å². The summed E-state index contributed by atoms with van der Waals surface area (Å²) >= 11 is 15.4. The lowest BCUT2D eigenvalue weighted by atomic mass is 10.2. The largest absolute Gasteiger partial charge is 0.483 e. The van der Waals surface area contributed by atoms with Gasteiger partial charge in [-0.05, 0) is 42.8 Å². The highest BCUT2D eigenvalue weighted by atomic mass is 79.9. The molecule has 0 atom stereocenters. The Hall–Kier alpha value is -1.56. The maximum atomic E-state index is 11.7. The number of amides is 1. The number of rotatable bonds is 5. The number of hydrogen-bond acceptors (Lipinski definition) is 3. The molecule has 0 aliphatic heterocycles. The van der Waals surface area contributed by atoms with Crippen molar-refractivity contribution in [3.05, 3.63) is 62.0 Å². The summed E-state index contributed by atoms with van der Waals surface area (Å²) in [6.45, 7) is 1.76. The third-order valence-corrected chi connectivity index (χ3v) is 4.03. The van der Waals surface area contributed by atoms with Crippen molar-refractivity contribution in [3.8, 4) is 5.75 Å². The number of ether oxygens (including phenoxy) is 1. The third-order valence-electron chi connectivity index (χ3n) is 2.88.